The highest BCUT2D eigenvalue weighted by Crippen LogP contribution is 2.14. The molecular formula is C13H14N2O2S. The Morgan fingerprint density at radius 1 is 1.33 bits per heavy atom. The number of rotatable bonds is 5. The van der Waals surface area contributed by atoms with E-state index in [4.69, 9.17) is 10.5 Å². The van der Waals surface area contributed by atoms with Crippen LogP contribution in [0.25, 0.3) is 0 Å². The molecule has 0 aliphatic carbocycles. The van der Waals surface area contributed by atoms with Gasteiger partial charge in [0.1, 0.15) is 5.75 Å². The third-order valence-electron chi connectivity index (χ3n) is 2.27. The molecule has 0 unspecified atom stereocenters. The van der Waals surface area contributed by atoms with E-state index in [1.165, 1.54) is 0 Å². The maximum Gasteiger partial charge on any atom is 0.258 e. The van der Waals surface area contributed by atoms with Gasteiger partial charge in [0.2, 0.25) is 0 Å². The largest absolute Gasteiger partial charge is 0.484 e. The zero-order valence-corrected chi connectivity index (χ0v) is 10.6. The fourth-order valence-corrected chi connectivity index (χ4v) is 2.05. The predicted octanol–water partition coefficient (Wildman–Crippen LogP) is 2.03. The number of nitrogens with two attached hydrogens (primary N) is 1. The van der Waals surface area contributed by atoms with Crippen LogP contribution in [-0.2, 0) is 11.3 Å². The number of ether oxygens (including phenoxy) is 1. The Bertz CT molecular complexity index is 511. The molecule has 4 nitrogen and oxygen atoms in total. The summed E-state index contributed by atoms with van der Waals surface area (Å²) in [5.74, 6) is 0.451. The van der Waals surface area contributed by atoms with Crippen LogP contribution in [0.15, 0.2) is 41.8 Å². The van der Waals surface area contributed by atoms with Gasteiger partial charge in [0.05, 0.1) is 6.54 Å². The molecule has 0 aliphatic heterocycles. The minimum Gasteiger partial charge on any atom is -0.484 e. The van der Waals surface area contributed by atoms with Gasteiger partial charge in [-0.25, -0.2) is 0 Å². The van der Waals surface area contributed by atoms with E-state index < -0.39 is 0 Å². The molecule has 1 aromatic carbocycles. The summed E-state index contributed by atoms with van der Waals surface area (Å²) in [4.78, 5) is 12.7. The van der Waals surface area contributed by atoms with Crippen LogP contribution in [0.2, 0.25) is 0 Å². The van der Waals surface area contributed by atoms with Gasteiger partial charge in [-0.1, -0.05) is 12.1 Å². The molecule has 18 heavy (non-hydrogen) atoms. The molecular weight excluding hydrogens is 248 g/mol. The number of carbonyl (C=O) groups is 1. The summed E-state index contributed by atoms with van der Waals surface area (Å²) in [7, 11) is 0. The Morgan fingerprint density at radius 2 is 2.22 bits per heavy atom. The lowest BCUT2D eigenvalue weighted by Gasteiger charge is -2.07. The number of nitrogen functional groups attached to an aromatic ring is 1. The first-order valence-electron chi connectivity index (χ1n) is 5.51. The first-order chi connectivity index (χ1) is 8.74. The van der Waals surface area contributed by atoms with Crippen molar-refractivity contribution in [3.05, 3.63) is 46.7 Å². The van der Waals surface area contributed by atoms with E-state index in [1.54, 1.807) is 35.6 Å². The van der Waals surface area contributed by atoms with Crippen molar-refractivity contribution >= 4 is 22.9 Å². The maximum atomic E-state index is 11.5. The number of anilines is 1. The zero-order valence-electron chi connectivity index (χ0n) is 9.76. The molecule has 0 saturated heterocycles. The lowest BCUT2D eigenvalue weighted by molar-refractivity contribution is -0.123. The molecule has 0 spiro atoms. The zero-order chi connectivity index (χ0) is 12.8. The maximum absolute atomic E-state index is 11.5. The van der Waals surface area contributed by atoms with Crippen molar-refractivity contribution < 1.29 is 9.53 Å². The molecule has 2 rings (SSSR count). The van der Waals surface area contributed by atoms with Crippen LogP contribution in [-0.4, -0.2) is 12.5 Å². The number of nitrogens with one attached hydrogen (secondary N) is 1. The van der Waals surface area contributed by atoms with Gasteiger partial charge in [-0.3, -0.25) is 4.79 Å². The Kier molecular flexibility index (Phi) is 4.20. The monoisotopic (exact) mass is 262 g/mol. The molecule has 0 saturated carbocycles. The van der Waals surface area contributed by atoms with E-state index in [2.05, 4.69) is 5.32 Å². The Hall–Kier alpha value is -2.01. The van der Waals surface area contributed by atoms with E-state index >= 15 is 0 Å². The van der Waals surface area contributed by atoms with Gasteiger partial charge in [0.15, 0.2) is 6.61 Å². The van der Waals surface area contributed by atoms with Crippen molar-refractivity contribution in [3.63, 3.8) is 0 Å². The van der Waals surface area contributed by atoms with E-state index in [9.17, 15) is 4.79 Å². The smallest absolute Gasteiger partial charge is 0.258 e. The summed E-state index contributed by atoms with van der Waals surface area (Å²) in [6, 6.07) is 10.9. The molecule has 0 atom stereocenters. The first-order valence-corrected chi connectivity index (χ1v) is 6.39. The van der Waals surface area contributed by atoms with Gasteiger partial charge in [0.25, 0.3) is 5.91 Å². The molecule has 1 amide bonds. The van der Waals surface area contributed by atoms with Gasteiger partial charge >= 0.3 is 0 Å². The topological polar surface area (TPSA) is 64.3 Å². The van der Waals surface area contributed by atoms with Gasteiger partial charge in [-0.05, 0) is 23.6 Å². The number of hydrogen-bond acceptors (Lipinski definition) is 4. The van der Waals surface area contributed by atoms with Crippen LogP contribution >= 0.6 is 11.3 Å². The quantitative estimate of drug-likeness (QED) is 0.810. The van der Waals surface area contributed by atoms with Crippen molar-refractivity contribution in [1.82, 2.24) is 5.32 Å². The van der Waals surface area contributed by atoms with Crippen LogP contribution in [0.1, 0.15) is 4.88 Å². The second kappa shape index (κ2) is 6.07. The van der Waals surface area contributed by atoms with Crippen molar-refractivity contribution in [1.29, 1.82) is 0 Å². The first kappa shape index (κ1) is 12.4. The molecule has 2 aromatic rings. The predicted molar refractivity (Wildman–Crippen MR) is 72.5 cm³/mol. The lowest BCUT2D eigenvalue weighted by atomic mass is 10.3. The average Bonchev–Trinajstić information content (AvgIpc) is 2.87. The Labute approximate surface area is 109 Å². The molecule has 0 bridgehead atoms. The van der Waals surface area contributed by atoms with Gasteiger partial charge in [-0.15, -0.1) is 11.3 Å². The number of hydrogen-bond donors (Lipinski definition) is 2. The van der Waals surface area contributed by atoms with Gasteiger partial charge < -0.3 is 15.8 Å². The van der Waals surface area contributed by atoms with Crippen LogP contribution in [0.5, 0.6) is 5.75 Å². The van der Waals surface area contributed by atoms with E-state index in [0.717, 1.165) is 4.88 Å². The van der Waals surface area contributed by atoms with Crippen molar-refractivity contribution in [2.75, 3.05) is 12.3 Å². The fraction of sp³-hybridized carbons (Fsp3) is 0.154. The lowest BCUT2D eigenvalue weighted by Crippen LogP contribution is -2.28. The second-order valence-electron chi connectivity index (χ2n) is 3.72. The number of carbonyl (C=O) groups excluding carboxylic acids is 1. The summed E-state index contributed by atoms with van der Waals surface area (Å²) in [5.41, 5.74) is 6.23. The molecule has 0 fully saturated rings. The summed E-state index contributed by atoms with van der Waals surface area (Å²) >= 11 is 1.61. The highest BCUT2D eigenvalue weighted by atomic mass is 32.1. The van der Waals surface area contributed by atoms with Crippen LogP contribution in [0.4, 0.5) is 5.69 Å². The minimum absolute atomic E-state index is 0.00513. The summed E-state index contributed by atoms with van der Waals surface area (Å²) < 4.78 is 5.33. The molecule has 1 aromatic heterocycles. The van der Waals surface area contributed by atoms with Crippen LogP contribution in [0, 0.1) is 0 Å². The minimum atomic E-state index is -0.147. The highest BCUT2D eigenvalue weighted by Gasteiger charge is 2.03. The molecule has 3 N–H and O–H groups in total. The summed E-state index contributed by atoms with van der Waals surface area (Å²) in [6.07, 6.45) is 0. The number of amides is 1. The molecule has 0 aliphatic rings. The molecule has 1 heterocycles. The number of benzene rings is 1. The normalized spacial score (nSPS) is 10.0. The number of thiophene rings is 1. The third kappa shape index (κ3) is 3.78. The van der Waals surface area contributed by atoms with E-state index in [0.29, 0.717) is 18.0 Å². The molecule has 94 valence electrons. The molecule has 0 radical (unpaired) electrons. The van der Waals surface area contributed by atoms with Crippen molar-refractivity contribution in [3.8, 4) is 5.75 Å². The van der Waals surface area contributed by atoms with Crippen molar-refractivity contribution in [2.24, 2.45) is 0 Å². The van der Waals surface area contributed by atoms with E-state index in [-0.39, 0.29) is 12.5 Å². The standard InChI is InChI=1S/C13H14N2O2S/c14-10-3-1-4-11(7-10)17-9-13(16)15-8-12-5-2-6-18-12/h1-7H,8-9,14H2,(H,15,16). The fourth-order valence-electron chi connectivity index (χ4n) is 1.40. The summed E-state index contributed by atoms with van der Waals surface area (Å²) in [5, 5.41) is 4.76. The highest BCUT2D eigenvalue weighted by molar-refractivity contribution is 7.09. The van der Waals surface area contributed by atoms with Crippen molar-refractivity contribution in [2.45, 2.75) is 6.54 Å². The van der Waals surface area contributed by atoms with Crippen LogP contribution in [0.3, 0.4) is 0 Å². The van der Waals surface area contributed by atoms with E-state index in [1.807, 2.05) is 17.5 Å². The summed E-state index contributed by atoms with van der Waals surface area (Å²) in [6.45, 7) is 0.533. The van der Waals surface area contributed by atoms with Gasteiger partial charge in [-0.2, -0.15) is 0 Å². The Morgan fingerprint density at radius 3 is 2.94 bits per heavy atom. The Balaban J connectivity index is 1.75. The average molecular weight is 262 g/mol. The molecule has 5 heteroatoms. The second-order valence-corrected chi connectivity index (χ2v) is 4.75. The van der Waals surface area contributed by atoms with Gasteiger partial charge in [0, 0.05) is 16.6 Å². The van der Waals surface area contributed by atoms with Crippen LogP contribution < -0.4 is 15.8 Å². The third-order valence-corrected chi connectivity index (χ3v) is 3.14. The SMILES string of the molecule is Nc1cccc(OCC(=O)NCc2cccs2)c1.